The van der Waals surface area contributed by atoms with Crippen LogP contribution >= 0.6 is 15.9 Å². The van der Waals surface area contributed by atoms with Crippen LogP contribution in [0.3, 0.4) is 0 Å². The van der Waals surface area contributed by atoms with E-state index in [1.54, 1.807) is 4.90 Å². The van der Waals surface area contributed by atoms with Crippen LogP contribution in [-0.2, 0) is 22.7 Å². The summed E-state index contributed by atoms with van der Waals surface area (Å²) in [6, 6.07) is 35.8. The third kappa shape index (κ3) is 8.04. The maximum Gasteiger partial charge on any atom is 0.410 e. The second kappa shape index (κ2) is 16.8. The number of hydrogen-bond acceptors (Lipinski definition) is 6. The number of imidazole rings is 2. The molecule has 2 fully saturated rings. The molecule has 0 aliphatic carbocycles. The van der Waals surface area contributed by atoms with E-state index >= 15 is 0 Å². The first kappa shape index (κ1) is 37.0. The van der Waals surface area contributed by atoms with Crippen LogP contribution in [0, 0.1) is 6.92 Å². The molecule has 6 heterocycles. The quantitative estimate of drug-likeness (QED) is 0.159. The van der Waals surface area contributed by atoms with E-state index in [0.29, 0.717) is 19.7 Å². The van der Waals surface area contributed by atoms with Crippen LogP contribution in [0.2, 0.25) is 0 Å². The predicted octanol–water partition coefficient (Wildman–Crippen LogP) is 10.4. The average Bonchev–Trinajstić information content (AvgIpc) is 4.06. The summed E-state index contributed by atoms with van der Waals surface area (Å²) in [7, 11) is 0. The minimum Gasteiger partial charge on any atom is -0.445 e. The summed E-state index contributed by atoms with van der Waals surface area (Å²) in [4.78, 5) is 38.7. The summed E-state index contributed by atoms with van der Waals surface area (Å²) in [6.45, 7) is 4.08. The van der Waals surface area contributed by atoms with Crippen molar-refractivity contribution in [2.24, 2.45) is 0 Å². The van der Waals surface area contributed by atoms with Crippen LogP contribution in [0.15, 0.2) is 138 Å². The molecule has 3 aromatic carbocycles. The van der Waals surface area contributed by atoms with Crippen molar-refractivity contribution in [3.63, 3.8) is 0 Å². The highest BCUT2D eigenvalue weighted by Crippen LogP contribution is 2.35. The summed E-state index contributed by atoms with van der Waals surface area (Å²) < 4.78 is 16.1. The molecule has 10 nitrogen and oxygen atoms in total. The van der Waals surface area contributed by atoms with E-state index in [1.807, 2.05) is 119 Å². The number of hydrogen-bond donors (Lipinski definition) is 0. The molecule has 2 saturated heterocycles. The van der Waals surface area contributed by atoms with Gasteiger partial charge in [0.1, 0.15) is 18.9 Å². The lowest BCUT2D eigenvalue weighted by atomic mass is 10.0. The Hall–Kier alpha value is -5.94. The summed E-state index contributed by atoms with van der Waals surface area (Å²) in [5.41, 5.74) is 9.06. The number of pyridine rings is 2. The normalized spacial score (nSPS) is 16.5. The van der Waals surface area contributed by atoms with Gasteiger partial charge in [0.25, 0.3) is 0 Å². The molecule has 7 aromatic rings. The van der Waals surface area contributed by atoms with Gasteiger partial charge >= 0.3 is 12.2 Å². The highest BCUT2D eigenvalue weighted by Gasteiger charge is 2.34. The Morgan fingerprint density at radius 3 is 1.66 bits per heavy atom. The molecule has 9 rings (SSSR count). The molecule has 0 spiro atoms. The minimum atomic E-state index is -0.275. The number of aromatic nitrogens is 4. The van der Waals surface area contributed by atoms with Gasteiger partial charge in [0.15, 0.2) is 5.65 Å². The molecule has 11 heteroatoms. The number of aryl methyl sites for hydroxylation is 1. The van der Waals surface area contributed by atoms with Crippen LogP contribution in [0.4, 0.5) is 9.59 Å². The van der Waals surface area contributed by atoms with Crippen LogP contribution < -0.4 is 0 Å². The number of carbonyl (C=O) groups is 2. The molecule has 2 aliphatic rings. The molecule has 2 amide bonds. The van der Waals surface area contributed by atoms with Gasteiger partial charge in [-0.05, 0) is 95.1 Å². The van der Waals surface area contributed by atoms with E-state index < -0.39 is 0 Å². The lowest BCUT2D eigenvalue weighted by Gasteiger charge is -2.22. The third-order valence-corrected chi connectivity index (χ3v) is 11.1. The lowest BCUT2D eigenvalue weighted by molar-refractivity contribution is 0.0909. The molecular weight excluding hydrogens is 768 g/mol. The smallest absolute Gasteiger partial charge is 0.410 e. The van der Waals surface area contributed by atoms with Crippen molar-refractivity contribution in [1.29, 1.82) is 0 Å². The number of halogens is 1. The van der Waals surface area contributed by atoms with E-state index in [2.05, 4.69) is 51.5 Å². The van der Waals surface area contributed by atoms with Crippen LogP contribution in [0.1, 0.15) is 65.8 Å². The number of benzene rings is 3. The van der Waals surface area contributed by atoms with E-state index in [4.69, 9.17) is 19.4 Å². The number of rotatable bonds is 7. The van der Waals surface area contributed by atoms with Crippen molar-refractivity contribution in [2.45, 2.75) is 57.9 Å². The lowest BCUT2D eigenvalue weighted by Crippen LogP contribution is -2.31. The van der Waals surface area contributed by atoms with Crippen LogP contribution in [0.25, 0.3) is 22.4 Å². The zero-order valence-corrected chi connectivity index (χ0v) is 32.8. The Morgan fingerprint density at radius 2 is 1.11 bits per heavy atom. The summed E-state index contributed by atoms with van der Waals surface area (Å²) in [6.07, 6.45) is 11.2. The van der Waals surface area contributed by atoms with Gasteiger partial charge in [0.05, 0.1) is 27.9 Å². The summed E-state index contributed by atoms with van der Waals surface area (Å²) in [5, 5.41) is 0. The predicted molar refractivity (Wildman–Crippen MR) is 219 cm³/mol. The van der Waals surface area contributed by atoms with E-state index in [9.17, 15) is 9.59 Å². The second-order valence-electron chi connectivity index (χ2n) is 14.2. The largest absolute Gasteiger partial charge is 0.445 e. The number of amides is 2. The molecular formula is C45H43BrN6O4. The van der Waals surface area contributed by atoms with Gasteiger partial charge in [-0.2, -0.15) is 0 Å². The maximum absolute atomic E-state index is 12.8. The first-order valence-corrected chi connectivity index (χ1v) is 19.8. The number of carbonyl (C=O) groups excluding carboxylic acids is 2. The highest BCUT2D eigenvalue weighted by molar-refractivity contribution is 9.10. The first-order valence-electron chi connectivity index (χ1n) is 19.0. The Bertz CT molecular complexity index is 2450. The van der Waals surface area contributed by atoms with Crippen molar-refractivity contribution in [1.82, 2.24) is 28.6 Å². The SMILES string of the molecule is Cc1ccccc1-c1cccn2cc([C@@H]3CCCN3C(=O)OCc3ccccc3)nc12.O=C(OCc1ccccc1)N1CCC[C@H]1c1cn2cccc(Br)c2n1. The minimum absolute atomic E-state index is 0.0323. The number of fused-ring (bicyclic) bond motifs is 2. The fourth-order valence-electron chi connectivity index (χ4n) is 7.63. The van der Waals surface area contributed by atoms with E-state index in [1.165, 1.54) is 11.1 Å². The molecule has 2 atom stereocenters. The molecule has 0 bridgehead atoms. The Balaban J connectivity index is 0.000000161. The van der Waals surface area contributed by atoms with E-state index in [-0.39, 0.29) is 30.9 Å². The second-order valence-corrected chi connectivity index (χ2v) is 15.0. The van der Waals surface area contributed by atoms with E-state index in [0.717, 1.165) is 69.5 Å². The highest BCUT2D eigenvalue weighted by atomic mass is 79.9. The maximum atomic E-state index is 12.8. The topological polar surface area (TPSA) is 93.7 Å². The van der Waals surface area contributed by atoms with Gasteiger partial charge in [-0.15, -0.1) is 0 Å². The fraction of sp³-hybridized carbons (Fsp3) is 0.244. The van der Waals surface area contributed by atoms with Gasteiger partial charge < -0.3 is 18.3 Å². The van der Waals surface area contributed by atoms with Crippen molar-refractivity contribution in [3.05, 3.63) is 167 Å². The van der Waals surface area contributed by atoms with Gasteiger partial charge in [-0.1, -0.05) is 84.9 Å². The Kier molecular flexibility index (Phi) is 11.1. The number of likely N-dealkylation sites (tertiary alicyclic amines) is 2. The molecule has 0 radical (unpaired) electrons. The van der Waals surface area contributed by atoms with Gasteiger partial charge in [0, 0.05) is 43.4 Å². The van der Waals surface area contributed by atoms with Crippen molar-refractivity contribution in [2.75, 3.05) is 13.1 Å². The molecule has 2 aliphatic heterocycles. The van der Waals surface area contributed by atoms with Crippen LogP contribution in [0.5, 0.6) is 0 Å². The Labute approximate surface area is 334 Å². The number of ether oxygens (including phenoxy) is 2. The monoisotopic (exact) mass is 810 g/mol. The van der Waals surface area contributed by atoms with Crippen molar-refractivity contribution in [3.8, 4) is 11.1 Å². The van der Waals surface area contributed by atoms with Gasteiger partial charge in [0.2, 0.25) is 0 Å². The summed E-state index contributed by atoms with van der Waals surface area (Å²) in [5.74, 6) is 0. The zero-order valence-electron chi connectivity index (χ0n) is 31.2. The third-order valence-electron chi connectivity index (χ3n) is 10.5. The first-order chi connectivity index (χ1) is 27.4. The average molecular weight is 812 g/mol. The number of nitrogens with zero attached hydrogens (tertiary/aromatic N) is 6. The fourth-order valence-corrected chi connectivity index (χ4v) is 8.07. The molecule has 0 saturated carbocycles. The standard InChI is InChI=1S/C26H25N3O2.C19H18BrN3O2/c1-19-9-5-6-12-21(19)22-13-7-15-28-17-23(27-25(22)28)24-14-8-16-29(24)26(30)31-18-20-10-3-2-4-11-20;20-15-8-4-10-22-12-16(21-18(15)22)17-9-5-11-23(17)19(24)25-13-14-6-2-1-3-7-14/h2-7,9-13,15,17,24H,8,14,16,18H2,1H3;1-4,6-8,10,12,17H,5,9,11,13H2/t24-;17-/m00/s1. The van der Waals surface area contributed by atoms with Crippen LogP contribution in [-0.4, -0.2) is 53.8 Å². The Morgan fingerprint density at radius 1 is 0.625 bits per heavy atom. The van der Waals surface area contributed by atoms with Gasteiger partial charge in [-0.3, -0.25) is 9.80 Å². The van der Waals surface area contributed by atoms with Gasteiger partial charge in [-0.25, -0.2) is 19.6 Å². The molecule has 0 unspecified atom stereocenters. The van der Waals surface area contributed by atoms with Crippen molar-refractivity contribution < 1.29 is 19.1 Å². The molecule has 4 aromatic heterocycles. The zero-order chi connectivity index (χ0) is 38.4. The molecule has 56 heavy (non-hydrogen) atoms. The molecule has 0 N–H and O–H groups in total. The van der Waals surface area contributed by atoms with Crippen molar-refractivity contribution >= 4 is 39.4 Å². The summed E-state index contributed by atoms with van der Waals surface area (Å²) >= 11 is 3.52. The molecule has 284 valence electrons.